The van der Waals surface area contributed by atoms with E-state index in [4.69, 9.17) is 11.6 Å². The third-order valence-corrected chi connectivity index (χ3v) is 8.22. The molecular formula is C38H29ClF4N2O5. The van der Waals surface area contributed by atoms with E-state index in [-0.39, 0.29) is 23.4 Å². The minimum atomic E-state index is -4.52. The van der Waals surface area contributed by atoms with Crippen molar-refractivity contribution in [3.8, 4) is 28.0 Å². The van der Waals surface area contributed by atoms with Gasteiger partial charge in [0.1, 0.15) is 23.7 Å². The van der Waals surface area contributed by atoms with Gasteiger partial charge in [0.2, 0.25) is 5.91 Å². The Bertz CT molecular complexity index is 2020. The van der Waals surface area contributed by atoms with Crippen molar-refractivity contribution in [2.75, 3.05) is 0 Å². The Morgan fingerprint density at radius 2 is 1.28 bits per heavy atom. The van der Waals surface area contributed by atoms with E-state index in [1.807, 2.05) is 0 Å². The number of benzene rings is 5. The van der Waals surface area contributed by atoms with E-state index < -0.39 is 53.2 Å². The fraction of sp³-hybridized carbons (Fsp3) is 0.132. The SMILES string of the molecule is O=C(N[C@@H](Cc1ccc(-c2cccc(C(F)(F)F)c2)cc1)C(=O)NC(Cc1ccccc1)C(=O)O)c1cc(-c2ccc(F)c(Cl)c2)ccc1O. The molecule has 0 spiro atoms. The number of carbonyl (C=O) groups excluding carboxylic acids is 2. The first kappa shape index (κ1) is 35.6. The van der Waals surface area contributed by atoms with Crippen LogP contribution in [0.25, 0.3) is 22.3 Å². The zero-order valence-electron chi connectivity index (χ0n) is 26.0. The second-order valence-electron chi connectivity index (χ2n) is 11.5. The zero-order chi connectivity index (χ0) is 36.0. The molecule has 0 aliphatic carbocycles. The van der Waals surface area contributed by atoms with Crippen molar-refractivity contribution in [1.29, 1.82) is 0 Å². The van der Waals surface area contributed by atoms with Gasteiger partial charge in [-0.15, -0.1) is 0 Å². The minimum Gasteiger partial charge on any atom is -0.507 e. The number of hydrogen-bond acceptors (Lipinski definition) is 4. The van der Waals surface area contributed by atoms with Crippen molar-refractivity contribution in [1.82, 2.24) is 10.6 Å². The molecule has 0 aliphatic heterocycles. The number of carboxylic acid groups (broad SMARTS) is 1. The lowest BCUT2D eigenvalue weighted by atomic mass is 9.98. The maximum Gasteiger partial charge on any atom is 0.416 e. The molecule has 7 nitrogen and oxygen atoms in total. The molecule has 0 saturated heterocycles. The van der Waals surface area contributed by atoms with Crippen LogP contribution >= 0.6 is 11.6 Å². The van der Waals surface area contributed by atoms with Crippen LogP contribution in [0.5, 0.6) is 5.75 Å². The van der Waals surface area contributed by atoms with E-state index in [0.29, 0.717) is 33.4 Å². The minimum absolute atomic E-state index is 0.0443. The van der Waals surface area contributed by atoms with Crippen molar-refractivity contribution in [3.05, 3.63) is 148 Å². The second kappa shape index (κ2) is 15.3. The van der Waals surface area contributed by atoms with Crippen molar-refractivity contribution in [2.45, 2.75) is 31.1 Å². The number of phenols is 1. The fourth-order valence-corrected chi connectivity index (χ4v) is 5.47. The molecule has 4 N–H and O–H groups in total. The van der Waals surface area contributed by atoms with Crippen LogP contribution in [-0.2, 0) is 28.6 Å². The lowest BCUT2D eigenvalue weighted by Gasteiger charge is -2.22. The van der Waals surface area contributed by atoms with Crippen molar-refractivity contribution in [3.63, 3.8) is 0 Å². The summed E-state index contributed by atoms with van der Waals surface area (Å²) in [6, 6.07) is 25.0. The Labute approximate surface area is 289 Å². The molecule has 0 heterocycles. The van der Waals surface area contributed by atoms with E-state index in [0.717, 1.165) is 18.2 Å². The molecule has 0 radical (unpaired) electrons. The number of halogens is 5. The third-order valence-electron chi connectivity index (χ3n) is 7.93. The highest BCUT2D eigenvalue weighted by Crippen LogP contribution is 2.33. The largest absolute Gasteiger partial charge is 0.507 e. The van der Waals surface area contributed by atoms with E-state index in [1.54, 1.807) is 54.6 Å². The number of amides is 2. The van der Waals surface area contributed by atoms with Gasteiger partial charge in [0, 0.05) is 12.8 Å². The summed E-state index contributed by atoms with van der Waals surface area (Å²) in [5.41, 5.74) is 1.76. The Kier molecular flexibility index (Phi) is 10.9. The van der Waals surface area contributed by atoms with Crippen LogP contribution < -0.4 is 10.6 Å². The Hall–Kier alpha value is -5.68. The standard InChI is InChI=1S/C38H29ClF4N2O5/c39-30-21-27(13-15-31(30)40)26-14-16-34(46)29(20-26)35(47)44-32(36(48)45-33(37(49)50)18-22-5-2-1-3-6-22)17-23-9-11-24(12-10-23)25-7-4-8-28(19-25)38(41,42)43/h1-16,19-21,32-33,46H,17-18H2,(H,44,47)(H,45,48)(H,49,50)/t32-,33?/m0/s1. The third kappa shape index (κ3) is 8.86. The molecule has 5 aromatic carbocycles. The molecule has 1 unspecified atom stereocenters. The topological polar surface area (TPSA) is 116 Å². The van der Waals surface area contributed by atoms with Crippen molar-refractivity contribution < 1.29 is 42.2 Å². The second-order valence-corrected chi connectivity index (χ2v) is 11.9. The Morgan fingerprint density at radius 1 is 0.680 bits per heavy atom. The van der Waals surface area contributed by atoms with Crippen LogP contribution in [0.4, 0.5) is 17.6 Å². The van der Waals surface area contributed by atoms with Crippen molar-refractivity contribution >= 4 is 29.4 Å². The number of carbonyl (C=O) groups is 3. The quantitative estimate of drug-likeness (QED) is 0.105. The predicted molar refractivity (Wildman–Crippen MR) is 180 cm³/mol. The van der Waals surface area contributed by atoms with Gasteiger partial charge in [0.15, 0.2) is 0 Å². The fourth-order valence-electron chi connectivity index (χ4n) is 5.28. The molecule has 2 amide bonds. The molecule has 12 heteroatoms. The van der Waals surface area contributed by atoms with Crippen LogP contribution in [0.2, 0.25) is 5.02 Å². The molecule has 0 saturated carbocycles. The van der Waals surface area contributed by atoms with Gasteiger partial charge in [-0.1, -0.05) is 90.5 Å². The van der Waals surface area contributed by atoms with Crippen LogP contribution in [0.3, 0.4) is 0 Å². The molecule has 0 bridgehead atoms. The lowest BCUT2D eigenvalue weighted by molar-refractivity contribution is -0.142. The lowest BCUT2D eigenvalue weighted by Crippen LogP contribution is -2.53. The highest BCUT2D eigenvalue weighted by Gasteiger charge is 2.31. The summed E-state index contributed by atoms with van der Waals surface area (Å²) in [7, 11) is 0. The average Bonchev–Trinajstić information content (AvgIpc) is 3.09. The summed E-state index contributed by atoms with van der Waals surface area (Å²) in [5.74, 6) is -4.06. The van der Waals surface area contributed by atoms with Gasteiger partial charge in [-0.05, 0) is 69.8 Å². The summed E-state index contributed by atoms with van der Waals surface area (Å²) >= 11 is 5.93. The van der Waals surface area contributed by atoms with E-state index >= 15 is 0 Å². The normalized spacial score (nSPS) is 12.5. The molecule has 50 heavy (non-hydrogen) atoms. The number of alkyl halides is 3. The Morgan fingerprint density at radius 3 is 1.94 bits per heavy atom. The van der Waals surface area contributed by atoms with Crippen LogP contribution in [0.15, 0.2) is 115 Å². The highest BCUT2D eigenvalue weighted by atomic mass is 35.5. The number of aromatic hydroxyl groups is 1. The molecule has 256 valence electrons. The van der Waals surface area contributed by atoms with Crippen molar-refractivity contribution in [2.24, 2.45) is 0 Å². The monoisotopic (exact) mass is 704 g/mol. The maximum atomic E-state index is 13.8. The van der Waals surface area contributed by atoms with Gasteiger partial charge in [-0.2, -0.15) is 13.2 Å². The first-order valence-electron chi connectivity index (χ1n) is 15.2. The predicted octanol–water partition coefficient (Wildman–Crippen LogP) is 7.69. The zero-order valence-corrected chi connectivity index (χ0v) is 26.8. The number of hydrogen-bond donors (Lipinski definition) is 4. The van der Waals surface area contributed by atoms with Crippen LogP contribution in [-0.4, -0.2) is 40.1 Å². The average molecular weight is 705 g/mol. The van der Waals surface area contributed by atoms with E-state index in [2.05, 4.69) is 10.6 Å². The van der Waals surface area contributed by atoms with Crippen LogP contribution in [0.1, 0.15) is 27.0 Å². The van der Waals surface area contributed by atoms with E-state index in [9.17, 15) is 42.2 Å². The van der Waals surface area contributed by atoms with Gasteiger partial charge in [-0.3, -0.25) is 9.59 Å². The first-order valence-corrected chi connectivity index (χ1v) is 15.6. The molecule has 0 fully saturated rings. The van der Waals surface area contributed by atoms with Gasteiger partial charge in [-0.25, -0.2) is 9.18 Å². The summed E-state index contributed by atoms with van der Waals surface area (Å²) in [6.45, 7) is 0. The summed E-state index contributed by atoms with van der Waals surface area (Å²) < 4.78 is 53.6. The number of rotatable bonds is 11. The Balaban J connectivity index is 1.42. The molecule has 5 rings (SSSR count). The van der Waals surface area contributed by atoms with Crippen LogP contribution in [0, 0.1) is 5.82 Å². The first-order chi connectivity index (χ1) is 23.8. The molecule has 0 aliphatic rings. The highest BCUT2D eigenvalue weighted by molar-refractivity contribution is 6.31. The molecule has 5 aromatic rings. The molecule has 0 aromatic heterocycles. The summed E-state index contributed by atoms with van der Waals surface area (Å²) in [6.07, 6.45) is -4.72. The number of aliphatic carboxylic acids is 1. The maximum absolute atomic E-state index is 13.8. The molecular weight excluding hydrogens is 676 g/mol. The van der Waals surface area contributed by atoms with Gasteiger partial charge < -0.3 is 20.8 Å². The number of nitrogens with one attached hydrogen (secondary N) is 2. The van der Waals surface area contributed by atoms with E-state index in [1.165, 1.54) is 42.5 Å². The number of phenolic OH excluding ortho intramolecular Hbond substituents is 1. The summed E-state index contributed by atoms with van der Waals surface area (Å²) in [5, 5.41) is 25.4. The molecule has 2 atom stereocenters. The van der Waals surface area contributed by atoms with Gasteiger partial charge >= 0.3 is 12.1 Å². The van der Waals surface area contributed by atoms with Gasteiger partial charge in [0.25, 0.3) is 5.91 Å². The summed E-state index contributed by atoms with van der Waals surface area (Å²) in [4.78, 5) is 39.4. The van der Waals surface area contributed by atoms with Gasteiger partial charge in [0.05, 0.1) is 16.1 Å². The smallest absolute Gasteiger partial charge is 0.416 e. The number of carboxylic acids is 1.